The Hall–Kier alpha value is -2.34. The molecule has 0 bridgehead atoms. The summed E-state index contributed by atoms with van der Waals surface area (Å²) in [6.45, 7) is 5.01. The minimum atomic E-state index is -1.41. The summed E-state index contributed by atoms with van der Waals surface area (Å²) in [7, 11) is 0. The Morgan fingerprint density at radius 2 is 1.48 bits per heavy atom. The molecule has 0 aromatic rings. The zero-order valence-corrected chi connectivity index (χ0v) is 19.2. The molecule has 7 N–H and O–H groups in total. The first-order valence-electron chi connectivity index (χ1n) is 10.0. The van der Waals surface area contributed by atoms with Crippen molar-refractivity contribution in [1.29, 1.82) is 0 Å². The van der Waals surface area contributed by atoms with Gasteiger partial charge in [-0.25, -0.2) is 4.79 Å². The summed E-state index contributed by atoms with van der Waals surface area (Å²) in [6.07, 6.45) is 1.94. The molecule has 0 aromatic heterocycles. The van der Waals surface area contributed by atoms with Gasteiger partial charge < -0.3 is 31.9 Å². The molecule has 0 saturated carbocycles. The number of aliphatic carboxylic acids is 2. The zero-order valence-electron chi connectivity index (χ0n) is 18.3. The van der Waals surface area contributed by atoms with Crippen LogP contribution in [-0.2, 0) is 24.0 Å². The van der Waals surface area contributed by atoms with E-state index in [9.17, 15) is 29.1 Å². The molecule has 0 aromatic carbocycles. The van der Waals surface area contributed by atoms with Gasteiger partial charge in [-0.15, -0.1) is 0 Å². The summed E-state index contributed by atoms with van der Waals surface area (Å²) < 4.78 is 0. The Kier molecular flexibility index (Phi) is 13.5. The van der Waals surface area contributed by atoms with Gasteiger partial charge >= 0.3 is 11.9 Å². The maximum absolute atomic E-state index is 12.8. The van der Waals surface area contributed by atoms with Crippen LogP contribution in [0.3, 0.4) is 0 Å². The number of nitrogens with two attached hydrogens (primary N) is 1. The van der Waals surface area contributed by atoms with Crippen molar-refractivity contribution in [3.05, 3.63) is 0 Å². The second-order valence-electron chi connectivity index (χ2n) is 7.33. The van der Waals surface area contributed by atoms with Gasteiger partial charge in [0, 0.05) is 6.42 Å². The average Bonchev–Trinajstić information content (AvgIpc) is 2.70. The van der Waals surface area contributed by atoms with Gasteiger partial charge in [0.15, 0.2) is 0 Å². The van der Waals surface area contributed by atoms with Crippen molar-refractivity contribution >= 4 is 41.4 Å². The third-order valence-corrected chi connectivity index (χ3v) is 5.36. The van der Waals surface area contributed by atoms with Gasteiger partial charge in [-0.3, -0.25) is 19.2 Å². The van der Waals surface area contributed by atoms with E-state index < -0.39 is 60.2 Å². The fourth-order valence-electron chi connectivity index (χ4n) is 2.55. The molecule has 0 saturated heterocycles. The highest BCUT2D eigenvalue weighted by Gasteiger charge is 2.32. The first-order chi connectivity index (χ1) is 14.4. The molecule has 0 spiro atoms. The summed E-state index contributed by atoms with van der Waals surface area (Å²) in [5.41, 5.74) is 5.55. The number of carboxylic acids is 2. The van der Waals surface area contributed by atoms with Crippen LogP contribution in [0.15, 0.2) is 0 Å². The molecule has 0 aliphatic heterocycles. The van der Waals surface area contributed by atoms with Crippen LogP contribution >= 0.6 is 11.8 Å². The van der Waals surface area contributed by atoms with Gasteiger partial charge in [-0.05, 0) is 37.7 Å². The Balaban J connectivity index is 5.43. The van der Waals surface area contributed by atoms with Crippen LogP contribution in [0.2, 0.25) is 0 Å². The molecule has 11 nitrogen and oxygen atoms in total. The van der Waals surface area contributed by atoms with Crippen molar-refractivity contribution < 1.29 is 34.2 Å². The van der Waals surface area contributed by atoms with E-state index in [0.29, 0.717) is 18.6 Å². The quantitative estimate of drug-likeness (QED) is 0.187. The monoisotopic (exact) mass is 462 g/mol. The average molecular weight is 463 g/mol. The van der Waals surface area contributed by atoms with Crippen LogP contribution in [0.25, 0.3) is 0 Å². The molecule has 5 unspecified atom stereocenters. The fraction of sp³-hybridized carbons (Fsp3) is 0.737. The number of carbonyl (C=O) groups is 5. The summed E-state index contributed by atoms with van der Waals surface area (Å²) in [5.74, 6) is -4.15. The van der Waals surface area contributed by atoms with Gasteiger partial charge in [0.1, 0.15) is 18.1 Å². The maximum atomic E-state index is 12.8. The van der Waals surface area contributed by atoms with Crippen molar-refractivity contribution in [3.8, 4) is 0 Å². The van der Waals surface area contributed by atoms with Crippen LogP contribution in [-0.4, -0.2) is 76.0 Å². The number of thioether (sulfide) groups is 1. The van der Waals surface area contributed by atoms with Crippen LogP contribution in [0.4, 0.5) is 0 Å². The molecule has 0 aliphatic rings. The van der Waals surface area contributed by atoms with Crippen LogP contribution in [0.5, 0.6) is 0 Å². The fourth-order valence-corrected chi connectivity index (χ4v) is 3.02. The molecule has 0 fully saturated rings. The third kappa shape index (κ3) is 11.0. The number of nitrogens with one attached hydrogen (secondary N) is 3. The van der Waals surface area contributed by atoms with Crippen LogP contribution in [0.1, 0.15) is 46.5 Å². The lowest BCUT2D eigenvalue weighted by Gasteiger charge is -2.28. The van der Waals surface area contributed by atoms with Crippen molar-refractivity contribution in [3.63, 3.8) is 0 Å². The highest BCUT2D eigenvalue weighted by Crippen LogP contribution is 2.11. The molecule has 0 aliphatic carbocycles. The summed E-state index contributed by atoms with van der Waals surface area (Å²) >= 11 is 1.48. The van der Waals surface area contributed by atoms with Crippen molar-refractivity contribution in [2.75, 3.05) is 12.0 Å². The molecule has 0 rings (SSSR count). The molecule has 0 radical (unpaired) electrons. The SMILES string of the molecule is CCC(C)C(NC(=O)C(CCSC)NC(=O)C(C)N)C(=O)NC(CCC(=O)O)C(=O)O. The van der Waals surface area contributed by atoms with Crippen molar-refractivity contribution in [2.24, 2.45) is 11.7 Å². The number of amides is 3. The molecule has 178 valence electrons. The molecular formula is C19H34N4O7S. The topological polar surface area (TPSA) is 188 Å². The predicted molar refractivity (Wildman–Crippen MR) is 116 cm³/mol. The second-order valence-corrected chi connectivity index (χ2v) is 8.32. The normalized spacial score (nSPS) is 15.6. The highest BCUT2D eigenvalue weighted by atomic mass is 32.2. The zero-order chi connectivity index (χ0) is 24.1. The molecule has 3 amide bonds. The van der Waals surface area contributed by atoms with E-state index in [1.54, 1.807) is 13.8 Å². The Morgan fingerprint density at radius 3 is 1.94 bits per heavy atom. The van der Waals surface area contributed by atoms with E-state index in [1.165, 1.54) is 18.7 Å². The van der Waals surface area contributed by atoms with Gasteiger partial charge in [-0.1, -0.05) is 20.3 Å². The minimum absolute atomic E-state index is 0.293. The first kappa shape index (κ1) is 28.7. The summed E-state index contributed by atoms with van der Waals surface area (Å²) in [5, 5.41) is 25.5. The first-order valence-corrected chi connectivity index (χ1v) is 11.4. The van der Waals surface area contributed by atoms with Crippen LogP contribution < -0.4 is 21.7 Å². The number of carboxylic acid groups (broad SMARTS) is 2. The highest BCUT2D eigenvalue weighted by molar-refractivity contribution is 7.98. The minimum Gasteiger partial charge on any atom is -0.481 e. The summed E-state index contributed by atoms with van der Waals surface area (Å²) in [6, 6.07) is -4.19. The maximum Gasteiger partial charge on any atom is 0.326 e. The van der Waals surface area contributed by atoms with E-state index in [-0.39, 0.29) is 12.3 Å². The van der Waals surface area contributed by atoms with E-state index in [1.807, 2.05) is 6.26 Å². The van der Waals surface area contributed by atoms with E-state index in [0.717, 1.165) is 0 Å². The Bertz CT molecular complexity index is 645. The number of hydrogen-bond donors (Lipinski definition) is 6. The van der Waals surface area contributed by atoms with Crippen molar-refractivity contribution in [2.45, 2.75) is 70.6 Å². The summed E-state index contributed by atoms with van der Waals surface area (Å²) in [4.78, 5) is 59.7. The standard InChI is InChI=1S/C19H34N4O7S/c1-5-10(2)15(18(28)22-13(19(29)30)6-7-14(24)25)23-17(27)12(8-9-31-4)21-16(26)11(3)20/h10-13,15H,5-9,20H2,1-4H3,(H,21,26)(H,22,28)(H,23,27)(H,24,25)(H,29,30). The molecule has 12 heteroatoms. The molecule has 5 atom stereocenters. The second kappa shape index (κ2) is 14.6. The molecular weight excluding hydrogens is 428 g/mol. The third-order valence-electron chi connectivity index (χ3n) is 4.71. The smallest absolute Gasteiger partial charge is 0.326 e. The Morgan fingerprint density at radius 1 is 0.903 bits per heavy atom. The lowest BCUT2D eigenvalue weighted by Crippen LogP contribution is -2.58. The molecule has 0 heterocycles. The Labute approximate surface area is 186 Å². The van der Waals surface area contributed by atoms with Gasteiger partial charge in [-0.2, -0.15) is 11.8 Å². The largest absolute Gasteiger partial charge is 0.481 e. The number of hydrogen-bond acceptors (Lipinski definition) is 7. The van der Waals surface area contributed by atoms with Gasteiger partial charge in [0.2, 0.25) is 17.7 Å². The number of carbonyl (C=O) groups excluding carboxylic acids is 3. The number of rotatable bonds is 15. The van der Waals surface area contributed by atoms with Crippen LogP contribution in [0, 0.1) is 5.92 Å². The van der Waals surface area contributed by atoms with E-state index >= 15 is 0 Å². The predicted octanol–water partition coefficient (Wildman–Crippen LogP) is -0.463. The van der Waals surface area contributed by atoms with E-state index in [4.69, 9.17) is 10.8 Å². The van der Waals surface area contributed by atoms with Gasteiger partial charge in [0.05, 0.1) is 6.04 Å². The molecule has 31 heavy (non-hydrogen) atoms. The lowest BCUT2D eigenvalue weighted by atomic mass is 9.97. The van der Waals surface area contributed by atoms with Crippen molar-refractivity contribution in [1.82, 2.24) is 16.0 Å². The van der Waals surface area contributed by atoms with E-state index in [2.05, 4.69) is 16.0 Å². The van der Waals surface area contributed by atoms with Gasteiger partial charge in [0.25, 0.3) is 0 Å². The lowest BCUT2D eigenvalue weighted by molar-refractivity contribution is -0.143.